The van der Waals surface area contributed by atoms with Crippen LogP contribution >= 0.6 is 0 Å². The van der Waals surface area contributed by atoms with Crippen molar-refractivity contribution in [2.45, 2.75) is 24.9 Å². The van der Waals surface area contributed by atoms with E-state index >= 15 is 0 Å². The standard InChI is InChI=1S/C10H12FN3O4/c11-4-6(16)9-5(15)3-8(18-9)14-2-1-7(12)13-10(14)17/h1-2,4-5,8-9,15-16H,3H2,(H2,12,13,17)/b6-4+/t5-,8+,9-/m0/s1. The maximum absolute atomic E-state index is 12.2. The average Bonchev–Trinajstić information content (AvgIpc) is 2.70. The second-order valence-corrected chi connectivity index (χ2v) is 3.89. The molecular formula is C10H12FN3O4. The minimum absolute atomic E-state index is 0.0358. The quantitative estimate of drug-likeness (QED) is 0.635. The van der Waals surface area contributed by atoms with Gasteiger partial charge in [-0.05, 0) is 6.07 Å². The largest absolute Gasteiger partial charge is 0.507 e. The van der Waals surface area contributed by atoms with E-state index in [1.807, 2.05) is 0 Å². The third kappa shape index (κ3) is 2.20. The number of hydrogen-bond donors (Lipinski definition) is 3. The second-order valence-electron chi connectivity index (χ2n) is 3.89. The Morgan fingerprint density at radius 2 is 2.44 bits per heavy atom. The molecule has 0 aromatic carbocycles. The molecule has 8 heteroatoms. The lowest BCUT2D eigenvalue weighted by Crippen LogP contribution is -2.27. The van der Waals surface area contributed by atoms with Gasteiger partial charge in [-0.1, -0.05) is 0 Å². The predicted molar refractivity (Wildman–Crippen MR) is 59.3 cm³/mol. The van der Waals surface area contributed by atoms with E-state index in [4.69, 9.17) is 10.5 Å². The highest BCUT2D eigenvalue weighted by Crippen LogP contribution is 2.30. The van der Waals surface area contributed by atoms with Crippen molar-refractivity contribution in [3.8, 4) is 0 Å². The van der Waals surface area contributed by atoms with E-state index in [-0.39, 0.29) is 18.6 Å². The SMILES string of the molecule is Nc1ccn([C@H]2C[C@H](O)[C@@H](/C(O)=C\F)O2)c(=O)n1. The van der Waals surface area contributed by atoms with Crippen LogP contribution in [0.3, 0.4) is 0 Å². The molecule has 1 aromatic rings. The summed E-state index contributed by atoms with van der Waals surface area (Å²) in [4.78, 5) is 15.0. The van der Waals surface area contributed by atoms with Crippen LogP contribution in [0.1, 0.15) is 12.6 Å². The first-order chi connectivity index (χ1) is 8.52. The highest BCUT2D eigenvalue weighted by molar-refractivity contribution is 5.23. The maximum atomic E-state index is 12.2. The molecule has 0 amide bonds. The van der Waals surface area contributed by atoms with Gasteiger partial charge in [-0.2, -0.15) is 4.98 Å². The highest BCUT2D eigenvalue weighted by Gasteiger charge is 2.38. The van der Waals surface area contributed by atoms with Crippen molar-refractivity contribution in [1.82, 2.24) is 9.55 Å². The molecule has 3 atom stereocenters. The van der Waals surface area contributed by atoms with Crippen molar-refractivity contribution in [2.75, 3.05) is 5.73 Å². The summed E-state index contributed by atoms with van der Waals surface area (Å²) in [6.07, 6.45) is -1.78. The minimum Gasteiger partial charge on any atom is -0.507 e. The van der Waals surface area contributed by atoms with Crippen LogP contribution in [0.4, 0.5) is 10.2 Å². The summed E-state index contributed by atoms with van der Waals surface area (Å²) in [5.41, 5.74) is 4.70. The number of nitrogen functional groups attached to an aromatic ring is 1. The molecule has 18 heavy (non-hydrogen) atoms. The van der Waals surface area contributed by atoms with Crippen LogP contribution < -0.4 is 11.4 Å². The minimum atomic E-state index is -1.19. The average molecular weight is 257 g/mol. The summed E-state index contributed by atoms with van der Waals surface area (Å²) in [6.45, 7) is 0. The fraction of sp³-hybridized carbons (Fsp3) is 0.400. The zero-order chi connectivity index (χ0) is 13.3. The summed E-state index contributed by atoms with van der Waals surface area (Å²) >= 11 is 0. The Labute approximate surface area is 101 Å². The van der Waals surface area contributed by atoms with Crippen molar-refractivity contribution < 1.29 is 19.3 Å². The first-order valence-electron chi connectivity index (χ1n) is 5.20. The highest BCUT2D eigenvalue weighted by atomic mass is 19.1. The van der Waals surface area contributed by atoms with Gasteiger partial charge in [-0.3, -0.25) is 4.57 Å². The van der Waals surface area contributed by atoms with Gasteiger partial charge in [-0.15, -0.1) is 0 Å². The maximum Gasteiger partial charge on any atom is 0.351 e. The van der Waals surface area contributed by atoms with Crippen LogP contribution in [0.25, 0.3) is 0 Å². The summed E-state index contributed by atoms with van der Waals surface area (Å²) in [6, 6.07) is 1.40. The monoisotopic (exact) mass is 257 g/mol. The molecule has 4 N–H and O–H groups in total. The van der Waals surface area contributed by atoms with Crippen molar-refractivity contribution in [3.05, 3.63) is 34.8 Å². The third-order valence-corrected chi connectivity index (χ3v) is 2.66. The number of aliphatic hydroxyl groups is 2. The van der Waals surface area contributed by atoms with Gasteiger partial charge >= 0.3 is 5.69 Å². The Kier molecular flexibility index (Phi) is 3.30. The van der Waals surface area contributed by atoms with E-state index in [1.54, 1.807) is 0 Å². The number of ether oxygens (including phenoxy) is 1. The first-order valence-corrected chi connectivity index (χ1v) is 5.20. The van der Waals surface area contributed by atoms with E-state index in [1.165, 1.54) is 12.3 Å². The third-order valence-electron chi connectivity index (χ3n) is 2.66. The van der Waals surface area contributed by atoms with Gasteiger partial charge in [0, 0.05) is 12.6 Å². The number of nitrogens with two attached hydrogens (primary N) is 1. The molecule has 1 saturated heterocycles. The number of nitrogens with zero attached hydrogens (tertiary/aromatic N) is 2. The van der Waals surface area contributed by atoms with Crippen molar-refractivity contribution in [3.63, 3.8) is 0 Å². The summed E-state index contributed by atoms with van der Waals surface area (Å²) in [5, 5.41) is 18.8. The van der Waals surface area contributed by atoms with Crippen LogP contribution in [0, 0.1) is 0 Å². The van der Waals surface area contributed by atoms with Gasteiger partial charge in [0.15, 0.2) is 5.76 Å². The Hall–Kier alpha value is -1.93. The van der Waals surface area contributed by atoms with E-state index < -0.39 is 29.9 Å². The summed E-state index contributed by atoms with van der Waals surface area (Å²) in [5.74, 6) is -0.653. The molecule has 1 aliphatic heterocycles. The normalized spacial score (nSPS) is 28.6. The molecule has 0 saturated carbocycles. The fourth-order valence-corrected chi connectivity index (χ4v) is 1.80. The zero-order valence-electron chi connectivity index (χ0n) is 9.23. The topological polar surface area (TPSA) is 111 Å². The Morgan fingerprint density at radius 1 is 1.72 bits per heavy atom. The molecule has 0 spiro atoms. The molecule has 0 bridgehead atoms. The molecule has 2 heterocycles. The van der Waals surface area contributed by atoms with Gasteiger partial charge < -0.3 is 20.7 Å². The number of hydrogen-bond acceptors (Lipinski definition) is 6. The molecule has 98 valence electrons. The van der Waals surface area contributed by atoms with E-state index in [2.05, 4.69) is 4.98 Å². The van der Waals surface area contributed by atoms with Gasteiger partial charge in [-0.25, -0.2) is 9.18 Å². The van der Waals surface area contributed by atoms with Crippen LogP contribution in [-0.4, -0.2) is 32.0 Å². The van der Waals surface area contributed by atoms with Crippen LogP contribution in [-0.2, 0) is 4.74 Å². The number of halogens is 1. The molecular weight excluding hydrogens is 245 g/mol. The van der Waals surface area contributed by atoms with Crippen LogP contribution in [0.2, 0.25) is 0 Å². The molecule has 0 radical (unpaired) electrons. The van der Waals surface area contributed by atoms with Gasteiger partial charge in [0.2, 0.25) is 0 Å². The number of aromatic nitrogens is 2. The van der Waals surface area contributed by atoms with E-state index in [9.17, 15) is 19.4 Å². The molecule has 7 nitrogen and oxygen atoms in total. The lowest BCUT2D eigenvalue weighted by atomic mass is 10.1. The lowest BCUT2D eigenvalue weighted by Gasteiger charge is -2.14. The zero-order valence-corrected chi connectivity index (χ0v) is 9.23. The van der Waals surface area contributed by atoms with Gasteiger partial charge in [0.05, 0.1) is 6.10 Å². The van der Waals surface area contributed by atoms with Crippen molar-refractivity contribution >= 4 is 5.82 Å². The molecule has 2 rings (SSSR count). The summed E-state index contributed by atoms with van der Waals surface area (Å²) < 4.78 is 18.5. The number of rotatable bonds is 2. The van der Waals surface area contributed by atoms with Gasteiger partial charge in [0.1, 0.15) is 24.5 Å². The molecule has 0 aliphatic carbocycles. The molecule has 1 fully saturated rings. The predicted octanol–water partition coefficient (Wildman–Crippen LogP) is -0.157. The van der Waals surface area contributed by atoms with Crippen LogP contribution in [0.5, 0.6) is 0 Å². The van der Waals surface area contributed by atoms with Crippen molar-refractivity contribution in [2.24, 2.45) is 0 Å². The van der Waals surface area contributed by atoms with Crippen LogP contribution in [0.15, 0.2) is 29.1 Å². The first kappa shape index (κ1) is 12.5. The van der Waals surface area contributed by atoms with E-state index in [0.717, 1.165) is 4.57 Å². The Balaban J connectivity index is 2.25. The number of anilines is 1. The van der Waals surface area contributed by atoms with E-state index in [0.29, 0.717) is 0 Å². The lowest BCUT2D eigenvalue weighted by molar-refractivity contribution is -0.0205. The van der Waals surface area contributed by atoms with Crippen molar-refractivity contribution in [1.29, 1.82) is 0 Å². The molecule has 1 aromatic heterocycles. The molecule has 0 unspecified atom stereocenters. The summed E-state index contributed by atoms with van der Waals surface area (Å²) in [7, 11) is 0. The Bertz CT molecular complexity index is 530. The fourth-order valence-electron chi connectivity index (χ4n) is 1.80. The second kappa shape index (κ2) is 4.75. The smallest absolute Gasteiger partial charge is 0.351 e. The molecule has 1 aliphatic rings. The van der Waals surface area contributed by atoms with Gasteiger partial charge in [0.25, 0.3) is 0 Å². The Morgan fingerprint density at radius 3 is 3.06 bits per heavy atom. The number of aliphatic hydroxyl groups excluding tert-OH is 2.